The fraction of sp³-hybridized carbons (Fsp3) is 0.500. The van der Waals surface area contributed by atoms with Gasteiger partial charge in [0.05, 0.1) is 12.5 Å². The van der Waals surface area contributed by atoms with E-state index in [9.17, 15) is 0 Å². The number of pyridine rings is 1. The van der Waals surface area contributed by atoms with Crippen LogP contribution in [0.4, 0.5) is 5.82 Å². The summed E-state index contributed by atoms with van der Waals surface area (Å²) in [6.45, 7) is 6.94. The summed E-state index contributed by atoms with van der Waals surface area (Å²) >= 11 is 0. The van der Waals surface area contributed by atoms with Crippen LogP contribution in [0.2, 0.25) is 0 Å². The van der Waals surface area contributed by atoms with E-state index in [0.717, 1.165) is 18.1 Å². The molecule has 0 aliphatic carbocycles. The van der Waals surface area contributed by atoms with E-state index in [1.807, 2.05) is 25.1 Å². The van der Waals surface area contributed by atoms with E-state index < -0.39 is 0 Å². The van der Waals surface area contributed by atoms with Crippen LogP contribution in [0.15, 0.2) is 18.2 Å². The second kappa shape index (κ2) is 5.35. The first-order valence-corrected chi connectivity index (χ1v) is 5.22. The average Bonchev–Trinajstić information content (AvgIpc) is 2.18. The van der Waals surface area contributed by atoms with Crippen LogP contribution in [0.25, 0.3) is 0 Å². The Labute approximate surface area is 91.4 Å². The van der Waals surface area contributed by atoms with Crippen LogP contribution in [0.5, 0.6) is 0 Å². The SMILES string of the molecule is Cc1cccc(N(CCC#N)C(C)C)n1. The molecule has 3 heteroatoms. The molecule has 1 aromatic heterocycles. The van der Waals surface area contributed by atoms with Crippen molar-refractivity contribution < 1.29 is 0 Å². The van der Waals surface area contributed by atoms with Gasteiger partial charge in [0, 0.05) is 18.3 Å². The molecule has 0 aromatic carbocycles. The smallest absolute Gasteiger partial charge is 0.129 e. The van der Waals surface area contributed by atoms with Crippen molar-refractivity contribution in [3.05, 3.63) is 23.9 Å². The molecule has 3 nitrogen and oxygen atoms in total. The number of hydrogen-bond acceptors (Lipinski definition) is 3. The molecular formula is C12H17N3. The monoisotopic (exact) mass is 203 g/mol. The molecule has 1 rings (SSSR count). The highest BCUT2D eigenvalue weighted by Gasteiger charge is 2.10. The van der Waals surface area contributed by atoms with Gasteiger partial charge in [-0.3, -0.25) is 0 Å². The molecule has 0 atom stereocenters. The lowest BCUT2D eigenvalue weighted by molar-refractivity contribution is 0.676. The van der Waals surface area contributed by atoms with Gasteiger partial charge in [0.2, 0.25) is 0 Å². The largest absolute Gasteiger partial charge is 0.353 e. The zero-order valence-corrected chi connectivity index (χ0v) is 9.57. The van der Waals surface area contributed by atoms with E-state index in [-0.39, 0.29) is 0 Å². The molecule has 0 fully saturated rings. The Bertz CT molecular complexity index is 352. The normalized spacial score (nSPS) is 10.1. The predicted octanol–water partition coefficient (Wildman–Crippen LogP) is 2.52. The quantitative estimate of drug-likeness (QED) is 0.755. The third kappa shape index (κ3) is 3.25. The summed E-state index contributed by atoms with van der Waals surface area (Å²) in [5, 5.41) is 8.60. The fourth-order valence-electron chi connectivity index (χ4n) is 1.50. The summed E-state index contributed by atoms with van der Waals surface area (Å²) in [5.41, 5.74) is 1.01. The van der Waals surface area contributed by atoms with Gasteiger partial charge in [-0.1, -0.05) is 6.07 Å². The molecule has 0 radical (unpaired) electrons. The first-order chi connectivity index (χ1) is 7.15. The summed E-state index contributed by atoms with van der Waals surface area (Å²) in [6, 6.07) is 8.50. The van der Waals surface area contributed by atoms with Gasteiger partial charge in [-0.25, -0.2) is 4.98 Å². The van der Waals surface area contributed by atoms with E-state index in [0.29, 0.717) is 12.5 Å². The highest BCUT2D eigenvalue weighted by Crippen LogP contribution is 2.14. The number of rotatable bonds is 4. The van der Waals surface area contributed by atoms with Crippen molar-refractivity contribution in [1.29, 1.82) is 5.26 Å². The van der Waals surface area contributed by atoms with Gasteiger partial charge >= 0.3 is 0 Å². The van der Waals surface area contributed by atoms with Gasteiger partial charge in [-0.2, -0.15) is 5.26 Å². The first kappa shape index (κ1) is 11.5. The number of nitrogens with zero attached hydrogens (tertiary/aromatic N) is 3. The first-order valence-electron chi connectivity index (χ1n) is 5.22. The molecule has 0 aliphatic heterocycles. The van der Waals surface area contributed by atoms with E-state index in [2.05, 4.69) is 29.8 Å². The number of nitriles is 1. The molecule has 0 N–H and O–H groups in total. The molecule has 0 bridgehead atoms. The molecule has 1 aromatic rings. The second-order valence-electron chi connectivity index (χ2n) is 3.83. The van der Waals surface area contributed by atoms with E-state index in [4.69, 9.17) is 5.26 Å². The summed E-state index contributed by atoms with van der Waals surface area (Å²) < 4.78 is 0. The van der Waals surface area contributed by atoms with Crippen molar-refractivity contribution in [3.63, 3.8) is 0 Å². The molecule has 0 spiro atoms. The Morgan fingerprint density at radius 3 is 2.73 bits per heavy atom. The molecule has 80 valence electrons. The van der Waals surface area contributed by atoms with Crippen LogP contribution in [0.1, 0.15) is 26.0 Å². The zero-order valence-electron chi connectivity index (χ0n) is 9.57. The molecule has 0 saturated carbocycles. The van der Waals surface area contributed by atoms with E-state index in [1.54, 1.807) is 0 Å². The summed E-state index contributed by atoms with van der Waals surface area (Å²) in [7, 11) is 0. The van der Waals surface area contributed by atoms with Gasteiger partial charge in [-0.05, 0) is 32.9 Å². The standard InChI is InChI=1S/C12H17N3/c1-10(2)15(9-5-8-13)12-7-4-6-11(3)14-12/h4,6-7,10H,5,9H2,1-3H3. The Morgan fingerprint density at radius 2 is 2.20 bits per heavy atom. The molecular weight excluding hydrogens is 186 g/mol. The molecule has 1 heterocycles. The van der Waals surface area contributed by atoms with Gasteiger partial charge < -0.3 is 4.90 Å². The minimum Gasteiger partial charge on any atom is -0.353 e. The molecule has 15 heavy (non-hydrogen) atoms. The van der Waals surface area contributed by atoms with Crippen molar-refractivity contribution >= 4 is 5.82 Å². The molecule has 0 unspecified atom stereocenters. The summed E-state index contributed by atoms with van der Waals surface area (Å²) in [6.07, 6.45) is 0.536. The fourth-order valence-corrected chi connectivity index (χ4v) is 1.50. The van der Waals surface area contributed by atoms with Gasteiger partial charge in [0.1, 0.15) is 5.82 Å². The lowest BCUT2D eigenvalue weighted by Gasteiger charge is -2.27. The van der Waals surface area contributed by atoms with Crippen LogP contribution in [0, 0.1) is 18.3 Å². The van der Waals surface area contributed by atoms with Crippen molar-refractivity contribution in [3.8, 4) is 6.07 Å². The average molecular weight is 203 g/mol. The van der Waals surface area contributed by atoms with Crippen LogP contribution >= 0.6 is 0 Å². The van der Waals surface area contributed by atoms with Gasteiger partial charge in [0.25, 0.3) is 0 Å². The van der Waals surface area contributed by atoms with Crippen LogP contribution in [-0.4, -0.2) is 17.6 Å². The topological polar surface area (TPSA) is 39.9 Å². The van der Waals surface area contributed by atoms with Gasteiger partial charge in [-0.15, -0.1) is 0 Å². The zero-order chi connectivity index (χ0) is 11.3. The molecule has 0 saturated heterocycles. The van der Waals surface area contributed by atoms with Crippen LogP contribution < -0.4 is 4.90 Å². The Morgan fingerprint density at radius 1 is 1.47 bits per heavy atom. The van der Waals surface area contributed by atoms with Gasteiger partial charge in [0.15, 0.2) is 0 Å². The van der Waals surface area contributed by atoms with Crippen LogP contribution in [0.3, 0.4) is 0 Å². The van der Waals surface area contributed by atoms with E-state index >= 15 is 0 Å². The third-order valence-electron chi connectivity index (χ3n) is 2.26. The number of anilines is 1. The highest BCUT2D eigenvalue weighted by atomic mass is 15.2. The summed E-state index contributed by atoms with van der Waals surface area (Å²) in [4.78, 5) is 6.61. The number of hydrogen-bond donors (Lipinski definition) is 0. The number of aromatic nitrogens is 1. The maximum absolute atomic E-state index is 8.60. The Hall–Kier alpha value is -1.56. The third-order valence-corrected chi connectivity index (χ3v) is 2.26. The Kier molecular flexibility index (Phi) is 4.11. The molecule has 0 amide bonds. The maximum atomic E-state index is 8.60. The maximum Gasteiger partial charge on any atom is 0.129 e. The minimum absolute atomic E-state index is 0.368. The lowest BCUT2D eigenvalue weighted by atomic mass is 10.2. The van der Waals surface area contributed by atoms with Crippen molar-refractivity contribution in [1.82, 2.24) is 4.98 Å². The highest BCUT2D eigenvalue weighted by molar-refractivity contribution is 5.40. The number of aryl methyl sites for hydroxylation is 1. The lowest BCUT2D eigenvalue weighted by Crippen LogP contribution is -2.32. The molecule has 0 aliphatic rings. The van der Waals surface area contributed by atoms with Crippen molar-refractivity contribution in [2.24, 2.45) is 0 Å². The van der Waals surface area contributed by atoms with Crippen LogP contribution in [-0.2, 0) is 0 Å². The summed E-state index contributed by atoms with van der Waals surface area (Å²) in [5.74, 6) is 0.959. The second-order valence-corrected chi connectivity index (χ2v) is 3.83. The Balaban J connectivity index is 2.84. The van der Waals surface area contributed by atoms with Crippen molar-refractivity contribution in [2.75, 3.05) is 11.4 Å². The predicted molar refractivity (Wildman–Crippen MR) is 61.7 cm³/mol. The van der Waals surface area contributed by atoms with E-state index in [1.165, 1.54) is 0 Å². The minimum atomic E-state index is 0.368. The van der Waals surface area contributed by atoms with Crippen molar-refractivity contribution in [2.45, 2.75) is 33.2 Å².